The second kappa shape index (κ2) is 9.49. The van der Waals surface area contributed by atoms with E-state index >= 15 is 0 Å². The number of hydrogen-bond acceptors (Lipinski definition) is 5. The molecular weight excluding hydrogens is 402 g/mol. The zero-order valence-electron chi connectivity index (χ0n) is 17.6. The van der Waals surface area contributed by atoms with E-state index in [0.717, 1.165) is 36.5 Å². The number of nitrogens with zero attached hydrogens (tertiary/aromatic N) is 2. The lowest BCUT2D eigenvalue weighted by atomic mass is 10.1. The van der Waals surface area contributed by atoms with Crippen LogP contribution in [-0.4, -0.2) is 57.7 Å². The number of piperidine rings is 1. The Labute approximate surface area is 178 Å². The van der Waals surface area contributed by atoms with E-state index < -0.39 is 16.1 Å². The quantitative estimate of drug-likeness (QED) is 0.729. The van der Waals surface area contributed by atoms with Gasteiger partial charge in [0.05, 0.1) is 11.9 Å². The van der Waals surface area contributed by atoms with Crippen LogP contribution in [0.1, 0.15) is 19.8 Å². The van der Waals surface area contributed by atoms with Crippen LogP contribution in [0.2, 0.25) is 0 Å². The molecule has 1 atom stereocenters. The van der Waals surface area contributed by atoms with Crippen molar-refractivity contribution < 1.29 is 17.9 Å². The van der Waals surface area contributed by atoms with E-state index in [0.29, 0.717) is 17.2 Å². The molecule has 0 spiro atoms. The summed E-state index contributed by atoms with van der Waals surface area (Å²) in [5.74, 6) is 0.984. The number of nitrogens with one attached hydrogen (secondary N) is 1. The minimum absolute atomic E-state index is 0.0687. The van der Waals surface area contributed by atoms with Crippen LogP contribution in [0.4, 0.5) is 5.69 Å². The van der Waals surface area contributed by atoms with Gasteiger partial charge in [0, 0.05) is 6.04 Å². The molecule has 1 fully saturated rings. The van der Waals surface area contributed by atoms with E-state index in [9.17, 15) is 13.2 Å². The molecule has 30 heavy (non-hydrogen) atoms. The smallest absolute Gasteiger partial charge is 0.243 e. The second-order valence-electron chi connectivity index (χ2n) is 7.73. The zero-order chi connectivity index (χ0) is 21.7. The van der Waals surface area contributed by atoms with Crippen molar-refractivity contribution in [1.29, 1.82) is 0 Å². The first-order chi connectivity index (χ1) is 14.2. The van der Waals surface area contributed by atoms with Gasteiger partial charge in [0.25, 0.3) is 0 Å². The summed E-state index contributed by atoms with van der Waals surface area (Å²) in [4.78, 5) is 15.0. The van der Waals surface area contributed by atoms with Gasteiger partial charge < -0.3 is 15.0 Å². The van der Waals surface area contributed by atoms with Crippen LogP contribution in [0.15, 0.2) is 54.6 Å². The Morgan fingerprint density at radius 2 is 1.63 bits per heavy atom. The summed E-state index contributed by atoms with van der Waals surface area (Å²) in [5.41, 5.74) is 0.420. The molecule has 0 aliphatic carbocycles. The van der Waals surface area contributed by atoms with Crippen LogP contribution in [0.3, 0.4) is 0 Å². The van der Waals surface area contributed by atoms with Crippen molar-refractivity contribution in [3.63, 3.8) is 0 Å². The summed E-state index contributed by atoms with van der Waals surface area (Å²) < 4.78 is 31.9. The molecule has 1 saturated heterocycles. The largest absolute Gasteiger partial charge is 0.457 e. The third-order valence-electron chi connectivity index (χ3n) is 5.22. The van der Waals surface area contributed by atoms with Crippen LogP contribution < -0.4 is 14.4 Å². The van der Waals surface area contributed by atoms with E-state index in [1.807, 2.05) is 30.3 Å². The first-order valence-corrected chi connectivity index (χ1v) is 11.9. The van der Waals surface area contributed by atoms with Crippen molar-refractivity contribution in [2.24, 2.45) is 0 Å². The number of carbonyl (C=O) groups excluding carboxylic acids is 1. The van der Waals surface area contributed by atoms with Crippen molar-refractivity contribution in [2.45, 2.75) is 31.8 Å². The fourth-order valence-electron chi connectivity index (χ4n) is 3.57. The lowest BCUT2D eigenvalue weighted by molar-refractivity contribution is -0.122. The lowest BCUT2D eigenvalue weighted by Crippen LogP contribution is -2.52. The Balaban J connectivity index is 1.72. The minimum Gasteiger partial charge on any atom is -0.457 e. The van der Waals surface area contributed by atoms with Crippen molar-refractivity contribution in [2.75, 3.05) is 30.7 Å². The van der Waals surface area contributed by atoms with Crippen molar-refractivity contribution >= 4 is 21.6 Å². The second-order valence-corrected chi connectivity index (χ2v) is 9.59. The van der Waals surface area contributed by atoms with Gasteiger partial charge >= 0.3 is 0 Å². The molecule has 0 radical (unpaired) electrons. The average molecular weight is 432 g/mol. The maximum Gasteiger partial charge on any atom is 0.243 e. The van der Waals surface area contributed by atoms with E-state index in [1.54, 1.807) is 31.2 Å². The van der Waals surface area contributed by atoms with E-state index in [-0.39, 0.29) is 11.9 Å². The number of benzene rings is 2. The molecule has 2 aromatic carbocycles. The molecule has 162 valence electrons. The van der Waals surface area contributed by atoms with Gasteiger partial charge in [-0.05, 0) is 76.3 Å². The number of hydrogen-bond donors (Lipinski definition) is 1. The molecule has 1 aliphatic rings. The summed E-state index contributed by atoms with van der Waals surface area (Å²) in [6.45, 7) is 3.44. The molecule has 0 saturated carbocycles. The molecule has 1 N–H and O–H groups in total. The Morgan fingerprint density at radius 3 is 2.20 bits per heavy atom. The molecule has 0 aromatic heterocycles. The average Bonchev–Trinajstić information content (AvgIpc) is 2.71. The number of carbonyl (C=O) groups is 1. The molecule has 1 heterocycles. The first-order valence-electron chi connectivity index (χ1n) is 10.1. The van der Waals surface area contributed by atoms with E-state index in [2.05, 4.69) is 17.3 Å². The fraction of sp³-hybridized carbons (Fsp3) is 0.409. The van der Waals surface area contributed by atoms with Gasteiger partial charge in [-0.3, -0.25) is 9.10 Å². The molecular formula is C22H29N3O4S. The van der Waals surface area contributed by atoms with Crippen LogP contribution in [0.5, 0.6) is 11.5 Å². The summed E-state index contributed by atoms with van der Waals surface area (Å²) in [6, 6.07) is 15.2. The van der Waals surface area contributed by atoms with Crippen molar-refractivity contribution in [1.82, 2.24) is 10.2 Å². The minimum atomic E-state index is -3.66. The number of para-hydroxylation sites is 1. The predicted octanol–water partition coefficient (Wildman–Crippen LogP) is 2.84. The molecule has 2 aromatic rings. The number of sulfonamides is 1. The summed E-state index contributed by atoms with van der Waals surface area (Å²) in [5, 5.41) is 3.01. The normalized spacial score (nSPS) is 16.6. The fourth-order valence-corrected chi connectivity index (χ4v) is 4.74. The summed E-state index contributed by atoms with van der Waals surface area (Å²) in [6.07, 6.45) is 2.83. The van der Waals surface area contributed by atoms with E-state index in [4.69, 9.17) is 4.74 Å². The third-order valence-corrected chi connectivity index (χ3v) is 6.47. The SMILES string of the molecule is CC(C(=O)NC1CCN(C)CC1)N(c1ccc(Oc2ccccc2)cc1)S(C)(=O)=O. The highest BCUT2D eigenvalue weighted by Gasteiger charge is 2.30. The number of anilines is 1. The van der Waals surface area contributed by atoms with Crippen LogP contribution in [0.25, 0.3) is 0 Å². The summed E-state index contributed by atoms with van der Waals surface area (Å²) >= 11 is 0. The Bertz CT molecular complexity index is 940. The lowest BCUT2D eigenvalue weighted by Gasteiger charge is -2.33. The number of likely N-dealkylation sites (tertiary alicyclic amines) is 1. The number of ether oxygens (including phenoxy) is 1. The van der Waals surface area contributed by atoms with E-state index in [1.165, 1.54) is 0 Å². The van der Waals surface area contributed by atoms with Gasteiger partial charge in [0.15, 0.2) is 0 Å². The van der Waals surface area contributed by atoms with Crippen molar-refractivity contribution in [3.8, 4) is 11.5 Å². The molecule has 1 unspecified atom stereocenters. The monoisotopic (exact) mass is 431 g/mol. The van der Waals surface area contributed by atoms with Crippen LogP contribution in [-0.2, 0) is 14.8 Å². The number of rotatable bonds is 7. The molecule has 7 nitrogen and oxygen atoms in total. The molecule has 1 aliphatic heterocycles. The highest BCUT2D eigenvalue weighted by atomic mass is 32.2. The van der Waals surface area contributed by atoms with Crippen LogP contribution >= 0.6 is 0 Å². The molecule has 0 bridgehead atoms. The first kappa shape index (κ1) is 22.1. The topological polar surface area (TPSA) is 79.0 Å². The summed E-state index contributed by atoms with van der Waals surface area (Å²) in [7, 11) is -1.61. The standard InChI is InChI=1S/C22H29N3O4S/c1-17(22(26)23-18-13-15-24(2)16-14-18)25(30(3,27)28)19-9-11-21(12-10-19)29-20-7-5-4-6-8-20/h4-12,17-18H,13-16H2,1-3H3,(H,23,26). The number of amides is 1. The maximum atomic E-state index is 12.8. The Morgan fingerprint density at radius 1 is 1.07 bits per heavy atom. The van der Waals surface area contributed by atoms with Crippen molar-refractivity contribution in [3.05, 3.63) is 54.6 Å². The Hall–Kier alpha value is -2.58. The van der Waals surface area contributed by atoms with Gasteiger partial charge in [-0.2, -0.15) is 0 Å². The molecule has 8 heteroatoms. The highest BCUT2D eigenvalue weighted by molar-refractivity contribution is 7.92. The van der Waals surface area contributed by atoms with Gasteiger partial charge in [-0.1, -0.05) is 18.2 Å². The van der Waals surface area contributed by atoms with Gasteiger partial charge in [0.1, 0.15) is 17.5 Å². The maximum absolute atomic E-state index is 12.8. The molecule has 1 amide bonds. The highest BCUT2D eigenvalue weighted by Crippen LogP contribution is 2.27. The van der Waals surface area contributed by atoms with Gasteiger partial charge in [-0.15, -0.1) is 0 Å². The zero-order valence-corrected chi connectivity index (χ0v) is 18.4. The molecule has 3 rings (SSSR count). The predicted molar refractivity (Wildman–Crippen MR) is 118 cm³/mol. The van der Waals surface area contributed by atoms with Crippen LogP contribution in [0, 0.1) is 0 Å². The Kier molecular flexibility index (Phi) is 6.99. The third kappa shape index (κ3) is 5.73. The van der Waals surface area contributed by atoms with Gasteiger partial charge in [0.2, 0.25) is 15.9 Å². The van der Waals surface area contributed by atoms with Gasteiger partial charge in [-0.25, -0.2) is 8.42 Å².